The molecule has 1 aliphatic heterocycles. The van der Waals surface area contributed by atoms with Crippen molar-refractivity contribution in [3.63, 3.8) is 0 Å². The van der Waals surface area contributed by atoms with Gasteiger partial charge in [0.15, 0.2) is 0 Å². The number of halogens is 1. The molecule has 4 nitrogen and oxygen atoms in total. The van der Waals surface area contributed by atoms with E-state index in [4.69, 9.17) is 16.3 Å². The highest BCUT2D eigenvalue weighted by Crippen LogP contribution is 2.35. The minimum absolute atomic E-state index is 0.0488. The number of aliphatic hydroxyl groups excluding tert-OH is 1. The Bertz CT molecular complexity index is 1070. The minimum atomic E-state index is -0.400. The maximum atomic E-state index is 12.0. The number of benzene rings is 1. The molecule has 1 fully saturated rings. The topological polar surface area (TPSA) is 59.4 Å². The summed E-state index contributed by atoms with van der Waals surface area (Å²) >= 11 is 8.16. The maximum absolute atomic E-state index is 12.0. The first-order chi connectivity index (χ1) is 14.0. The van der Waals surface area contributed by atoms with Gasteiger partial charge in [0, 0.05) is 45.1 Å². The molecule has 148 valence electrons. The van der Waals surface area contributed by atoms with E-state index < -0.39 is 6.10 Å². The Labute approximate surface area is 178 Å². The quantitative estimate of drug-likeness (QED) is 0.507. The predicted molar refractivity (Wildman–Crippen MR) is 115 cm³/mol. The van der Waals surface area contributed by atoms with Gasteiger partial charge in [0.25, 0.3) is 0 Å². The summed E-state index contributed by atoms with van der Waals surface area (Å²) in [5.41, 5.74) is 3.97. The zero-order valence-corrected chi connectivity index (χ0v) is 17.5. The Kier molecular flexibility index (Phi) is 5.69. The van der Waals surface area contributed by atoms with Crippen LogP contribution >= 0.6 is 22.9 Å². The van der Waals surface area contributed by atoms with Gasteiger partial charge in [-0.1, -0.05) is 29.8 Å². The van der Waals surface area contributed by atoms with Gasteiger partial charge in [-0.2, -0.15) is 0 Å². The van der Waals surface area contributed by atoms with E-state index >= 15 is 0 Å². The van der Waals surface area contributed by atoms with E-state index in [9.17, 15) is 9.90 Å². The van der Waals surface area contributed by atoms with Crippen molar-refractivity contribution in [1.82, 2.24) is 4.98 Å². The zero-order valence-electron chi connectivity index (χ0n) is 15.9. The standard InChI is InChI=1S/C23H20ClNO3S/c1-14-2-3-16(12-25-14)23-7-5-20(29-23)9-17-8-15(4-6-21(17)24)22-11-18(27)10-19(13-26)28-22/h2-8,12-13,22,26H,9-11H2,1H3/b19-13-. The Morgan fingerprint density at radius 3 is 2.90 bits per heavy atom. The molecule has 2 aromatic heterocycles. The normalized spacial score (nSPS) is 18.1. The van der Waals surface area contributed by atoms with Crippen LogP contribution in [0.2, 0.25) is 5.02 Å². The molecule has 6 heteroatoms. The highest BCUT2D eigenvalue weighted by atomic mass is 35.5. The van der Waals surface area contributed by atoms with E-state index in [1.165, 1.54) is 9.75 Å². The number of thiophene rings is 1. The number of Topliss-reactive ketones (excluding diaryl/α,β-unsaturated/α-hetero) is 1. The van der Waals surface area contributed by atoms with Crippen LogP contribution < -0.4 is 0 Å². The minimum Gasteiger partial charge on any atom is -0.512 e. The van der Waals surface area contributed by atoms with Crippen LogP contribution in [0.5, 0.6) is 0 Å². The number of hydrogen-bond donors (Lipinski definition) is 1. The molecule has 0 saturated carbocycles. The number of ketones is 1. The van der Waals surface area contributed by atoms with Gasteiger partial charge < -0.3 is 9.84 Å². The predicted octanol–water partition coefficient (Wildman–Crippen LogP) is 6.18. The van der Waals surface area contributed by atoms with Gasteiger partial charge >= 0.3 is 0 Å². The van der Waals surface area contributed by atoms with Gasteiger partial charge in [-0.3, -0.25) is 9.78 Å². The van der Waals surface area contributed by atoms with Crippen LogP contribution in [-0.4, -0.2) is 15.9 Å². The van der Waals surface area contributed by atoms with E-state index in [0.29, 0.717) is 23.6 Å². The van der Waals surface area contributed by atoms with Crippen molar-refractivity contribution in [3.05, 3.63) is 87.4 Å². The second-order valence-electron chi connectivity index (χ2n) is 7.10. The first-order valence-corrected chi connectivity index (χ1v) is 10.5. The molecule has 0 spiro atoms. The summed E-state index contributed by atoms with van der Waals surface area (Å²) in [6.07, 6.45) is 3.49. The monoisotopic (exact) mass is 425 g/mol. The molecule has 3 heterocycles. The lowest BCUT2D eigenvalue weighted by Crippen LogP contribution is -2.18. The van der Waals surface area contributed by atoms with Crippen molar-refractivity contribution in [1.29, 1.82) is 0 Å². The van der Waals surface area contributed by atoms with Gasteiger partial charge in [-0.05, 0) is 42.3 Å². The summed E-state index contributed by atoms with van der Waals surface area (Å²) < 4.78 is 5.75. The Balaban J connectivity index is 1.56. The maximum Gasteiger partial charge on any atom is 0.144 e. The number of ether oxygens (including phenoxy) is 1. The molecule has 1 atom stereocenters. The molecular formula is C23H20ClNO3S. The number of nitrogens with zero attached hydrogens (tertiary/aromatic N) is 1. The summed E-state index contributed by atoms with van der Waals surface area (Å²) in [6.45, 7) is 1.97. The summed E-state index contributed by atoms with van der Waals surface area (Å²) in [4.78, 5) is 18.7. The Morgan fingerprint density at radius 2 is 2.14 bits per heavy atom. The van der Waals surface area contributed by atoms with Crippen molar-refractivity contribution in [2.24, 2.45) is 0 Å². The number of rotatable bonds is 4. The van der Waals surface area contributed by atoms with Gasteiger partial charge in [-0.15, -0.1) is 11.3 Å². The summed E-state index contributed by atoms with van der Waals surface area (Å²) in [6, 6.07) is 14.0. The van der Waals surface area contributed by atoms with Crippen molar-refractivity contribution < 1.29 is 14.6 Å². The van der Waals surface area contributed by atoms with Crippen LogP contribution in [0.4, 0.5) is 0 Å². The summed E-state index contributed by atoms with van der Waals surface area (Å²) in [5.74, 6) is 0.352. The highest BCUT2D eigenvalue weighted by Gasteiger charge is 2.26. The first-order valence-electron chi connectivity index (χ1n) is 9.33. The molecule has 0 bridgehead atoms. The average Bonchev–Trinajstić information content (AvgIpc) is 3.18. The van der Waals surface area contributed by atoms with Crippen LogP contribution in [0.15, 0.2) is 60.7 Å². The van der Waals surface area contributed by atoms with Crippen molar-refractivity contribution in [3.8, 4) is 10.4 Å². The number of aryl methyl sites for hydroxylation is 1. The third-order valence-corrected chi connectivity index (χ3v) is 6.39. The largest absolute Gasteiger partial charge is 0.512 e. The van der Waals surface area contributed by atoms with Crippen LogP contribution in [0.25, 0.3) is 10.4 Å². The lowest BCUT2D eigenvalue weighted by Gasteiger charge is -2.25. The zero-order chi connectivity index (χ0) is 20.4. The van der Waals surface area contributed by atoms with E-state index in [-0.39, 0.29) is 12.2 Å². The van der Waals surface area contributed by atoms with Gasteiger partial charge in [-0.25, -0.2) is 0 Å². The van der Waals surface area contributed by atoms with E-state index in [0.717, 1.165) is 28.6 Å². The van der Waals surface area contributed by atoms with Crippen molar-refractivity contribution >= 4 is 28.7 Å². The number of hydrogen-bond acceptors (Lipinski definition) is 5. The molecule has 1 unspecified atom stereocenters. The third kappa shape index (κ3) is 4.52. The van der Waals surface area contributed by atoms with Gasteiger partial charge in [0.1, 0.15) is 23.9 Å². The molecule has 1 N–H and O–H groups in total. The van der Waals surface area contributed by atoms with Crippen molar-refractivity contribution in [2.45, 2.75) is 32.3 Å². The lowest BCUT2D eigenvalue weighted by atomic mass is 9.97. The van der Waals surface area contributed by atoms with E-state index in [2.05, 4.69) is 23.2 Å². The molecule has 1 saturated heterocycles. The van der Waals surface area contributed by atoms with Crippen LogP contribution in [0.3, 0.4) is 0 Å². The van der Waals surface area contributed by atoms with Crippen LogP contribution in [-0.2, 0) is 16.0 Å². The van der Waals surface area contributed by atoms with Gasteiger partial charge in [0.2, 0.25) is 0 Å². The average molecular weight is 426 g/mol. The van der Waals surface area contributed by atoms with Crippen LogP contribution in [0.1, 0.15) is 40.6 Å². The second kappa shape index (κ2) is 8.39. The fraction of sp³-hybridized carbons (Fsp3) is 0.217. The molecular weight excluding hydrogens is 406 g/mol. The van der Waals surface area contributed by atoms with E-state index in [1.54, 1.807) is 11.3 Å². The SMILES string of the molecule is Cc1ccc(-c2ccc(Cc3cc(C4CC(=O)C/C(=C/O)O4)ccc3Cl)s2)cn1. The molecule has 29 heavy (non-hydrogen) atoms. The number of pyridine rings is 1. The number of carbonyl (C=O) groups is 1. The lowest BCUT2D eigenvalue weighted by molar-refractivity contribution is -0.125. The number of aromatic nitrogens is 1. The molecule has 3 aromatic rings. The Hall–Kier alpha value is -2.63. The third-order valence-electron chi connectivity index (χ3n) is 4.89. The Morgan fingerprint density at radius 1 is 1.28 bits per heavy atom. The molecule has 1 aromatic carbocycles. The van der Waals surface area contributed by atoms with Crippen LogP contribution in [0, 0.1) is 6.92 Å². The van der Waals surface area contributed by atoms with Gasteiger partial charge in [0.05, 0.1) is 6.42 Å². The molecule has 0 aliphatic carbocycles. The summed E-state index contributed by atoms with van der Waals surface area (Å²) in [7, 11) is 0. The fourth-order valence-corrected chi connectivity index (χ4v) is 4.57. The molecule has 0 amide bonds. The van der Waals surface area contributed by atoms with E-state index in [1.807, 2.05) is 37.4 Å². The second-order valence-corrected chi connectivity index (χ2v) is 8.68. The fourth-order valence-electron chi connectivity index (χ4n) is 3.36. The summed E-state index contributed by atoms with van der Waals surface area (Å²) in [5, 5.41) is 9.90. The number of allylic oxidation sites excluding steroid dienone is 1. The first kappa shape index (κ1) is 19.7. The highest BCUT2D eigenvalue weighted by molar-refractivity contribution is 7.15. The molecule has 4 rings (SSSR count). The molecule has 0 radical (unpaired) electrons. The van der Waals surface area contributed by atoms with Crippen molar-refractivity contribution in [2.75, 3.05) is 0 Å². The smallest absolute Gasteiger partial charge is 0.144 e. The number of carbonyl (C=O) groups excluding carboxylic acids is 1. The molecule has 1 aliphatic rings. The number of aliphatic hydroxyl groups is 1.